The van der Waals surface area contributed by atoms with Crippen LogP contribution < -0.4 is 0 Å². The molecule has 2 aliphatic rings. The van der Waals surface area contributed by atoms with Crippen molar-refractivity contribution >= 4 is 23.8 Å². The van der Waals surface area contributed by atoms with E-state index in [2.05, 4.69) is 0 Å². The van der Waals surface area contributed by atoms with E-state index in [1.165, 1.54) is 12.8 Å². The van der Waals surface area contributed by atoms with Crippen LogP contribution in [0, 0.1) is 5.92 Å². The maximum absolute atomic E-state index is 12.4. The van der Waals surface area contributed by atoms with Crippen LogP contribution in [0.5, 0.6) is 0 Å². The number of hydrogen-bond donors (Lipinski definition) is 1. The van der Waals surface area contributed by atoms with Gasteiger partial charge in [0.25, 0.3) is 0 Å². The minimum atomic E-state index is -0.897. The molecule has 2 atom stereocenters. The highest BCUT2D eigenvalue weighted by atomic mass is 32.2. The molecule has 18 heavy (non-hydrogen) atoms. The molecular weight excluding hydrogens is 252 g/mol. The molecule has 1 heterocycles. The number of amides is 2. The molecule has 2 rings (SSSR count). The third-order valence-electron chi connectivity index (χ3n) is 3.50. The smallest absolute Gasteiger partial charge is 0.327 e. The molecule has 1 saturated carbocycles. The molecule has 5 nitrogen and oxygen atoms in total. The van der Waals surface area contributed by atoms with Crippen LogP contribution >= 0.6 is 11.8 Å². The topological polar surface area (TPSA) is 60.9 Å². The summed E-state index contributed by atoms with van der Waals surface area (Å²) in [6, 6.07) is -0.805. The number of carboxylic acids is 1. The number of thioether (sulfide) groups is 1. The van der Waals surface area contributed by atoms with Gasteiger partial charge in [0.05, 0.1) is 5.37 Å². The number of carbonyl (C=O) groups excluding carboxylic acids is 1. The van der Waals surface area contributed by atoms with E-state index in [9.17, 15) is 14.7 Å². The number of hydrogen-bond acceptors (Lipinski definition) is 3. The maximum atomic E-state index is 12.4. The van der Waals surface area contributed by atoms with Gasteiger partial charge >= 0.3 is 12.0 Å². The van der Waals surface area contributed by atoms with Crippen LogP contribution in [0.4, 0.5) is 4.79 Å². The van der Waals surface area contributed by atoms with Crippen molar-refractivity contribution in [2.75, 3.05) is 19.3 Å². The molecule has 2 amide bonds. The van der Waals surface area contributed by atoms with Crippen LogP contribution in [0.15, 0.2) is 0 Å². The average molecular weight is 272 g/mol. The van der Waals surface area contributed by atoms with Crippen molar-refractivity contribution < 1.29 is 14.7 Å². The summed E-state index contributed by atoms with van der Waals surface area (Å²) in [5.41, 5.74) is 0. The van der Waals surface area contributed by atoms with Crippen LogP contribution in [0.3, 0.4) is 0 Å². The zero-order valence-electron chi connectivity index (χ0n) is 10.8. The molecule has 2 unspecified atom stereocenters. The Hall–Kier alpha value is -0.910. The lowest BCUT2D eigenvalue weighted by atomic mass is 10.2. The summed E-state index contributed by atoms with van der Waals surface area (Å²) < 4.78 is 0. The number of urea groups is 1. The predicted molar refractivity (Wildman–Crippen MR) is 70.5 cm³/mol. The molecular formula is C12H20N2O3S. The summed E-state index contributed by atoms with van der Waals surface area (Å²) in [5, 5.41) is 9.20. The van der Waals surface area contributed by atoms with Gasteiger partial charge in [-0.25, -0.2) is 9.59 Å². The molecule has 0 spiro atoms. The normalized spacial score (nSPS) is 27.3. The summed E-state index contributed by atoms with van der Waals surface area (Å²) in [7, 11) is 1.77. The summed E-state index contributed by atoms with van der Waals surface area (Å²) in [6.07, 6.45) is 3.16. The Balaban J connectivity index is 2.05. The standard InChI is InChI=1S/C12H20N2O3S/c1-3-10-14(9(7-18-10)11(15)16)12(17)13(2)6-8-4-5-8/h8-10H,3-7H2,1-2H3,(H,15,16). The van der Waals surface area contributed by atoms with Crippen LogP contribution in [0.25, 0.3) is 0 Å². The Morgan fingerprint density at radius 1 is 1.44 bits per heavy atom. The second-order valence-corrected chi connectivity index (χ2v) is 6.27. The van der Waals surface area contributed by atoms with Gasteiger partial charge in [0.2, 0.25) is 0 Å². The molecule has 1 N–H and O–H groups in total. The molecule has 1 aliphatic heterocycles. The lowest BCUT2D eigenvalue weighted by Crippen LogP contribution is -2.50. The minimum Gasteiger partial charge on any atom is -0.480 e. The van der Waals surface area contributed by atoms with Gasteiger partial charge in [-0.2, -0.15) is 0 Å². The first kappa shape index (κ1) is 13.5. The molecule has 102 valence electrons. The van der Waals surface area contributed by atoms with Gasteiger partial charge in [-0.1, -0.05) is 6.92 Å². The lowest BCUT2D eigenvalue weighted by molar-refractivity contribution is -0.141. The van der Waals surface area contributed by atoms with Gasteiger partial charge < -0.3 is 10.0 Å². The van der Waals surface area contributed by atoms with E-state index in [1.807, 2.05) is 6.92 Å². The maximum Gasteiger partial charge on any atom is 0.327 e. The first-order valence-electron chi connectivity index (χ1n) is 6.42. The molecule has 0 aromatic carbocycles. The first-order valence-corrected chi connectivity index (χ1v) is 7.47. The average Bonchev–Trinajstić information content (AvgIpc) is 3.03. The Kier molecular flexibility index (Phi) is 4.04. The van der Waals surface area contributed by atoms with E-state index >= 15 is 0 Å². The summed E-state index contributed by atoms with van der Waals surface area (Å²) in [6.45, 7) is 2.74. The fourth-order valence-corrected chi connectivity index (χ4v) is 3.63. The van der Waals surface area contributed by atoms with E-state index in [0.717, 1.165) is 13.0 Å². The van der Waals surface area contributed by atoms with Crippen molar-refractivity contribution in [1.82, 2.24) is 9.80 Å². The van der Waals surface area contributed by atoms with E-state index < -0.39 is 12.0 Å². The number of carbonyl (C=O) groups is 2. The number of aliphatic carboxylic acids is 1. The Morgan fingerprint density at radius 3 is 2.61 bits per heavy atom. The fourth-order valence-electron chi connectivity index (χ4n) is 2.29. The predicted octanol–water partition coefficient (Wildman–Crippen LogP) is 1.69. The highest BCUT2D eigenvalue weighted by Crippen LogP contribution is 2.34. The van der Waals surface area contributed by atoms with Crippen molar-refractivity contribution in [3.05, 3.63) is 0 Å². The largest absolute Gasteiger partial charge is 0.480 e. The van der Waals surface area contributed by atoms with Crippen molar-refractivity contribution in [2.24, 2.45) is 5.92 Å². The molecule has 2 fully saturated rings. The first-order chi connectivity index (χ1) is 8.54. The molecule has 6 heteroatoms. The number of carboxylic acid groups (broad SMARTS) is 1. The quantitative estimate of drug-likeness (QED) is 0.846. The third kappa shape index (κ3) is 2.74. The Labute approximate surface area is 112 Å². The Bertz CT molecular complexity index is 346. The second-order valence-electron chi connectivity index (χ2n) is 5.06. The van der Waals surface area contributed by atoms with Gasteiger partial charge in [0.15, 0.2) is 0 Å². The van der Waals surface area contributed by atoms with Gasteiger partial charge in [-0.3, -0.25) is 4.90 Å². The van der Waals surface area contributed by atoms with E-state index in [0.29, 0.717) is 11.7 Å². The van der Waals surface area contributed by atoms with E-state index in [-0.39, 0.29) is 11.4 Å². The second kappa shape index (κ2) is 5.38. The number of nitrogens with zero attached hydrogens (tertiary/aromatic N) is 2. The van der Waals surface area contributed by atoms with Gasteiger partial charge in [0.1, 0.15) is 6.04 Å². The van der Waals surface area contributed by atoms with Crippen LogP contribution in [-0.4, -0.2) is 57.7 Å². The summed E-state index contributed by atoms with van der Waals surface area (Å²) in [5.74, 6) is 0.223. The van der Waals surface area contributed by atoms with Gasteiger partial charge in [-0.15, -0.1) is 11.8 Å². The van der Waals surface area contributed by atoms with Crippen molar-refractivity contribution in [1.29, 1.82) is 0 Å². The summed E-state index contributed by atoms with van der Waals surface area (Å²) in [4.78, 5) is 26.8. The molecule has 1 aliphatic carbocycles. The molecule has 0 radical (unpaired) electrons. The lowest BCUT2D eigenvalue weighted by Gasteiger charge is -2.31. The summed E-state index contributed by atoms with van der Waals surface area (Å²) >= 11 is 1.56. The van der Waals surface area contributed by atoms with Crippen molar-refractivity contribution in [3.8, 4) is 0 Å². The Morgan fingerprint density at radius 2 is 2.11 bits per heavy atom. The molecule has 1 saturated heterocycles. The monoisotopic (exact) mass is 272 g/mol. The fraction of sp³-hybridized carbons (Fsp3) is 0.833. The minimum absolute atomic E-state index is 0.000234. The highest BCUT2D eigenvalue weighted by Gasteiger charge is 2.42. The molecule has 0 aromatic rings. The molecule has 0 bridgehead atoms. The highest BCUT2D eigenvalue weighted by molar-refractivity contribution is 8.00. The SMILES string of the molecule is CCC1SCC(C(=O)O)N1C(=O)N(C)CC1CC1. The van der Waals surface area contributed by atoms with Crippen molar-refractivity contribution in [2.45, 2.75) is 37.6 Å². The van der Waals surface area contributed by atoms with Crippen LogP contribution in [0.2, 0.25) is 0 Å². The van der Waals surface area contributed by atoms with Gasteiger partial charge in [-0.05, 0) is 25.2 Å². The molecule has 0 aromatic heterocycles. The number of rotatable bonds is 4. The zero-order valence-corrected chi connectivity index (χ0v) is 11.7. The van der Waals surface area contributed by atoms with E-state index in [4.69, 9.17) is 0 Å². The van der Waals surface area contributed by atoms with Crippen molar-refractivity contribution in [3.63, 3.8) is 0 Å². The van der Waals surface area contributed by atoms with Crippen LogP contribution in [-0.2, 0) is 4.79 Å². The van der Waals surface area contributed by atoms with Crippen LogP contribution in [0.1, 0.15) is 26.2 Å². The zero-order chi connectivity index (χ0) is 13.3. The third-order valence-corrected chi connectivity index (χ3v) is 4.96. The van der Waals surface area contributed by atoms with Gasteiger partial charge in [0, 0.05) is 19.3 Å². The van der Waals surface area contributed by atoms with E-state index in [1.54, 1.807) is 28.6 Å².